The van der Waals surface area contributed by atoms with E-state index in [1.807, 2.05) is 0 Å². The Labute approximate surface area is 159 Å². The summed E-state index contributed by atoms with van der Waals surface area (Å²) in [4.78, 5) is 12.4. The molecule has 6 nitrogen and oxygen atoms in total. The molecule has 1 N–H and O–H groups in total. The average Bonchev–Trinajstić information content (AvgIpc) is 3.11. The van der Waals surface area contributed by atoms with E-state index in [4.69, 9.17) is 4.52 Å². The highest BCUT2D eigenvalue weighted by Crippen LogP contribution is 2.44. The Morgan fingerprint density at radius 2 is 1.68 bits per heavy atom. The number of aryl methyl sites for hydroxylation is 3. The van der Waals surface area contributed by atoms with E-state index in [2.05, 4.69) is 19.9 Å². The van der Waals surface area contributed by atoms with Gasteiger partial charge < -0.3 is 19.3 Å². The molecule has 2 heterocycles. The number of nitrogens with zero attached hydrogens (tertiary/aromatic N) is 1. The molecule has 1 aliphatic heterocycles. The van der Waals surface area contributed by atoms with Gasteiger partial charge in [-0.05, 0) is 61.7 Å². The molecular weight excluding hydrogens is 370 g/mol. The summed E-state index contributed by atoms with van der Waals surface area (Å²) in [7, 11) is 0. The zero-order valence-corrected chi connectivity index (χ0v) is 15.3. The Hall–Kier alpha value is -3.42. The predicted molar refractivity (Wildman–Crippen MR) is 96.7 cm³/mol. The van der Waals surface area contributed by atoms with Crippen molar-refractivity contribution in [3.63, 3.8) is 0 Å². The zero-order valence-electron chi connectivity index (χ0n) is 15.3. The predicted octanol–water partition coefficient (Wildman–Crippen LogP) is 4.84. The smallest absolute Gasteiger partial charge is 0.395 e. The lowest BCUT2D eigenvalue weighted by Gasteiger charge is -2.09. The highest BCUT2D eigenvalue weighted by atomic mass is 19.3. The summed E-state index contributed by atoms with van der Waals surface area (Å²) in [5, 5.41) is 6.56. The topological polar surface area (TPSA) is 73.6 Å². The lowest BCUT2D eigenvalue weighted by Crippen LogP contribution is -2.25. The van der Waals surface area contributed by atoms with Crippen LogP contribution in [-0.4, -0.2) is 17.4 Å². The van der Waals surface area contributed by atoms with Crippen molar-refractivity contribution in [2.45, 2.75) is 27.1 Å². The van der Waals surface area contributed by atoms with E-state index in [9.17, 15) is 13.6 Å². The number of halogens is 2. The number of nitrogens with one attached hydrogen (secondary N) is 1. The van der Waals surface area contributed by atoms with Crippen LogP contribution >= 0.6 is 0 Å². The molecule has 0 bridgehead atoms. The fourth-order valence-corrected chi connectivity index (χ4v) is 3.14. The minimum atomic E-state index is -3.65. The Bertz CT molecular complexity index is 1060. The molecule has 28 heavy (non-hydrogen) atoms. The summed E-state index contributed by atoms with van der Waals surface area (Å²) < 4.78 is 40.5. The van der Waals surface area contributed by atoms with Crippen LogP contribution in [0.5, 0.6) is 11.5 Å². The third-order valence-corrected chi connectivity index (χ3v) is 4.46. The maximum Gasteiger partial charge on any atom is 0.586 e. The van der Waals surface area contributed by atoms with Gasteiger partial charge in [-0.25, -0.2) is 0 Å². The van der Waals surface area contributed by atoms with Crippen LogP contribution < -0.4 is 14.8 Å². The molecule has 0 aliphatic carbocycles. The SMILES string of the molecule is Cc1cc2c(cc1-c1ccc(NC(=O)c3c(C)noc3C)cc1)OC(F)(F)O2. The van der Waals surface area contributed by atoms with Gasteiger partial charge in [-0.1, -0.05) is 17.3 Å². The van der Waals surface area contributed by atoms with E-state index >= 15 is 0 Å². The Morgan fingerprint density at radius 1 is 1.04 bits per heavy atom. The van der Waals surface area contributed by atoms with Crippen LogP contribution in [-0.2, 0) is 0 Å². The highest BCUT2D eigenvalue weighted by Gasteiger charge is 2.43. The summed E-state index contributed by atoms with van der Waals surface area (Å²) in [5.74, 6) is 0.126. The number of benzene rings is 2. The van der Waals surface area contributed by atoms with E-state index in [1.54, 1.807) is 45.0 Å². The molecule has 1 aromatic heterocycles. The first kappa shape index (κ1) is 18.0. The van der Waals surface area contributed by atoms with Crippen molar-refractivity contribution >= 4 is 11.6 Å². The quantitative estimate of drug-likeness (QED) is 0.697. The van der Waals surface area contributed by atoms with Gasteiger partial charge in [0.05, 0.1) is 5.69 Å². The number of ether oxygens (including phenoxy) is 2. The van der Waals surface area contributed by atoms with Crippen molar-refractivity contribution in [1.29, 1.82) is 0 Å². The zero-order chi connectivity index (χ0) is 20.1. The molecule has 144 valence electrons. The second-order valence-electron chi connectivity index (χ2n) is 6.51. The molecule has 1 aliphatic rings. The van der Waals surface area contributed by atoms with E-state index in [-0.39, 0.29) is 17.4 Å². The number of aromatic nitrogens is 1. The number of carbonyl (C=O) groups excluding carboxylic acids is 1. The van der Waals surface area contributed by atoms with Crippen LogP contribution in [0.3, 0.4) is 0 Å². The molecule has 0 unspecified atom stereocenters. The van der Waals surface area contributed by atoms with Crippen LogP contribution in [0, 0.1) is 20.8 Å². The molecule has 4 rings (SSSR count). The first-order valence-electron chi connectivity index (χ1n) is 8.48. The fraction of sp³-hybridized carbons (Fsp3) is 0.200. The maximum atomic E-state index is 13.3. The van der Waals surface area contributed by atoms with Crippen molar-refractivity contribution in [3.05, 3.63) is 59.0 Å². The first-order valence-corrected chi connectivity index (χ1v) is 8.48. The summed E-state index contributed by atoms with van der Waals surface area (Å²) in [6.45, 7) is 5.16. The fourth-order valence-electron chi connectivity index (χ4n) is 3.14. The monoisotopic (exact) mass is 386 g/mol. The van der Waals surface area contributed by atoms with E-state index in [1.165, 1.54) is 12.1 Å². The van der Waals surface area contributed by atoms with Crippen molar-refractivity contribution in [2.75, 3.05) is 5.32 Å². The third-order valence-electron chi connectivity index (χ3n) is 4.46. The maximum absolute atomic E-state index is 13.3. The molecular formula is C20H16F2N2O4. The highest BCUT2D eigenvalue weighted by molar-refractivity contribution is 6.05. The van der Waals surface area contributed by atoms with Gasteiger partial charge in [0.1, 0.15) is 11.3 Å². The number of anilines is 1. The van der Waals surface area contributed by atoms with Crippen LogP contribution in [0.4, 0.5) is 14.5 Å². The van der Waals surface area contributed by atoms with Crippen molar-refractivity contribution in [3.8, 4) is 22.6 Å². The number of amides is 1. The van der Waals surface area contributed by atoms with Gasteiger partial charge >= 0.3 is 6.29 Å². The molecule has 0 saturated carbocycles. The van der Waals surface area contributed by atoms with Crippen LogP contribution in [0.25, 0.3) is 11.1 Å². The van der Waals surface area contributed by atoms with Gasteiger partial charge in [0.2, 0.25) is 0 Å². The number of hydrogen-bond acceptors (Lipinski definition) is 5. The number of fused-ring (bicyclic) bond motifs is 1. The van der Waals surface area contributed by atoms with Crippen LogP contribution in [0.2, 0.25) is 0 Å². The van der Waals surface area contributed by atoms with E-state index in [0.717, 1.165) is 16.7 Å². The standard InChI is InChI=1S/C20H16F2N2O4/c1-10-8-16-17(27-20(21,22)26-16)9-15(10)13-4-6-14(7-5-13)23-19(25)18-11(2)24-28-12(18)3/h4-9H,1-3H3,(H,23,25). The number of carbonyl (C=O) groups is 1. The Morgan fingerprint density at radius 3 is 2.29 bits per heavy atom. The number of alkyl halides is 2. The van der Waals surface area contributed by atoms with Gasteiger partial charge in [0, 0.05) is 5.69 Å². The summed E-state index contributed by atoms with van der Waals surface area (Å²) in [5.41, 5.74) is 3.76. The second-order valence-corrected chi connectivity index (χ2v) is 6.51. The van der Waals surface area contributed by atoms with Crippen molar-refractivity contribution in [1.82, 2.24) is 5.16 Å². The lowest BCUT2D eigenvalue weighted by molar-refractivity contribution is -0.286. The molecule has 8 heteroatoms. The molecule has 2 aromatic carbocycles. The molecule has 0 saturated heterocycles. The summed E-state index contributed by atoms with van der Waals surface area (Å²) in [6.07, 6.45) is -3.65. The minimum Gasteiger partial charge on any atom is -0.395 e. The van der Waals surface area contributed by atoms with Gasteiger partial charge in [-0.2, -0.15) is 0 Å². The molecule has 0 atom stereocenters. The van der Waals surface area contributed by atoms with Crippen molar-refractivity contribution in [2.24, 2.45) is 0 Å². The molecule has 3 aromatic rings. The molecule has 0 spiro atoms. The number of rotatable bonds is 3. The number of hydrogen-bond donors (Lipinski definition) is 1. The van der Waals surface area contributed by atoms with Crippen LogP contribution in [0.1, 0.15) is 27.4 Å². The molecule has 0 radical (unpaired) electrons. The molecule has 0 fully saturated rings. The van der Waals surface area contributed by atoms with Gasteiger partial charge in [-0.15, -0.1) is 8.78 Å². The average molecular weight is 386 g/mol. The van der Waals surface area contributed by atoms with Gasteiger partial charge in [0.15, 0.2) is 11.5 Å². The minimum absolute atomic E-state index is 0.00888. The van der Waals surface area contributed by atoms with E-state index in [0.29, 0.717) is 22.7 Å². The lowest BCUT2D eigenvalue weighted by atomic mass is 9.99. The van der Waals surface area contributed by atoms with Gasteiger partial charge in [-0.3, -0.25) is 4.79 Å². The summed E-state index contributed by atoms with van der Waals surface area (Å²) in [6, 6.07) is 10.0. The Balaban J connectivity index is 1.57. The largest absolute Gasteiger partial charge is 0.586 e. The van der Waals surface area contributed by atoms with Crippen molar-refractivity contribution < 1.29 is 27.6 Å². The second kappa shape index (κ2) is 6.33. The van der Waals surface area contributed by atoms with E-state index < -0.39 is 6.29 Å². The third kappa shape index (κ3) is 3.17. The van der Waals surface area contributed by atoms with Gasteiger partial charge in [0.25, 0.3) is 5.91 Å². The van der Waals surface area contributed by atoms with Crippen LogP contribution in [0.15, 0.2) is 40.9 Å². The normalized spacial score (nSPS) is 14.2. The Kier molecular flexibility index (Phi) is 4.06. The molecule has 1 amide bonds. The first-order chi connectivity index (χ1) is 13.2. The summed E-state index contributed by atoms with van der Waals surface area (Å²) >= 11 is 0.